The molecule has 0 aliphatic heterocycles. The summed E-state index contributed by atoms with van der Waals surface area (Å²) in [6, 6.07) is 0. The van der Waals surface area contributed by atoms with Gasteiger partial charge in [0.25, 0.3) is 0 Å². The van der Waals surface area contributed by atoms with Crippen molar-refractivity contribution in [2.24, 2.45) is 23.2 Å². The molecule has 0 aromatic rings. The molecule has 4 aliphatic carbocycles. The Kier molecular flexibility index (Phi) is 8.01. The van der Waals surface area contributed by atoms with Crippen molar-refractivity contribution in [3.63, 3.8) is 0 Å². The first-order valence-corrected chi connectivity index (χ1v) is 9.33. The normalized spacial score (nSPS) is 34.8. The van der Waals surface area contributed by atoms with Crippen LogP contribution in [0.25, 0.3) is 0 Å². The van der Waals surface area contributed by atoms with Crippen LogP contribution in [-0.2, 0) is 4.79 Å². The lowest BCUT2D eigenvalue weighted by Crippen LogP contribution is -2.48. The second-order valence-corrected chi connectivity index (χ2v) is 9.25. The fourth-order valence-electron chi connectivity index (χ4n) is 5.66. The van der Waals surface area contributed by atoms with E-state index in [-0.39, 0.29) is 35.5 Å². The van der Waals surface area contributed by atoms with Crippen LogP contribution >= 0.6 is 24.0 Å². The summed E-state index contributed by atoms with van der Waals surface area (Å²) in [6.45, 7) is 5.87. The fourth-order valence-corrected chi connectivity index (χ4v) is 5.66. The van der Waals surface area contributed by atoms with E-state index in [9.17, 15) is 9.90 Å². The number of likely N-dealkylation sites (N-methyl/N-ethyl adjacent to an activating group) is 1. The molecular weight excluding hydrogens is 417 g/mol. The first-order chi connectivity index (χ1) is 10.6. The van der Waals surface area contributed by atoms with E-state index in [2.05, 4.69) is 21.0 Å². The number of rotatable bonds is 5. The molecule has 4 nitrogen and oxygen atoms in total. The molecule has 142 valence electrons. The first-order valence-electron chi connectivity index (χ1n) is 9.33. The van der Waals surface area contributed by atoms with E-state index in [1.165, 1.54) is 38.5 Å². The van der Waals surface area contributed by atoms with Gasteiger partial charge in [-0.25, -0.2) is 0 Å². The Bertz CT molecular complexity index is 388. The number of aliphatic hydroxyl groups is 1. The molecule has 4 saturated carbocycles. The zero-order valence-electron chi connectivity index (χ0n) is 15.8. The standard InChI is InChI=1S/C12H18O2.C7H18NO.HI/c13-11(14)7-12-4-8-1-9(5-12)3-10(2-8)6-12;1-5-8(3,4)6-7(2)9;/h8-10H,1-7H2,(H,13,14);7,9H,5-6H2,1-4H3;1H/q;+1;/p-1. The number of halogens is 1. The summed E-state index contributed by atoms with van der Waals surface area (Å²) < 4.78 is 0.900. The number of aliphatic hydroxyl groups excluding tert-OH is 1. The van der Waals surface area contributed by atoms with Gasteiger partial charge in [0.2, 0.25) is 0 Å². The minimum atomic E-state index is -0.827. The quantitative estimate of drug-likeness (QED) is 0.514. The molecular formula is C19H36INO3. The van der Waals surface area contributed by atoms with E-state index >= 15 is 0 Å². The number of aliphatic carboxylic acids is 1. The lowest BCUT2D eigenvalue weighted by atomic mass is 9.49. The van der Waals surface area contributed by atoms with Gasteiger partial charge in [0.15, 0.2) is 0 Å². The second kappa shape index (κ2) is 8.67. The van der Waals surface area contributed by atoms with E-state index in [1.54, 1.807) is 0 Å². The average molecular weight is 453 g/mol. The minimum absolute atomic E-state index is 0. The van der Waals surface area contributed by atoms with Crippen molar-refractivity contribution in [2.75, 3.05) is 27.2 Å². The largest absolute Gasteiger partial charge is 0.550 e. The molecule has 0 amide bonds. The molecule has 24 heavy (non-hydrogen) atoms. The highest BCUT2D eigenvalue weighted by Crippen LogP contribution is 2.61. The van der Waals surface area contributed by atoms with Crippen molar-refractivity contribution in [3.8, 4) is 0 Å². The van der Waals surface area contributed by atoms with Crippen molar-refractivity contribution >= 4 is 29.9 Å². The summed E-state index contributed by atoms with van der Waals surface area (Å²) in [5, 5.41) is 19.8. The number of hydrogen-bond acceptors (Lipinski definition) is 3. The lowest BCUT2D eigenvalue weighted by molar-refractivity contribution is -0.891. The molecule has 4 fully saturated rings. The Hall–Kier alpha value is 0.120. The van der Waals surface area contributed by atoms with Gasteiger partial charge >= 0.3 is 0 Å². The zero-order valence-corrected chi connectivity index (χ0v) is 18.1. The number of carboxylic acids is 1. The molecule has 0 spiro atoms. The summed E-state index contributed by atoms with van der Waals surface area (Å²) >= 11 is 0. The highest BCUT2D eigenvalue weighted by molar-refractivity contribution is 14.0. The highest BCUT2D eigenvalue weighted by Gasteiger charge is 2.50. The Morgan fingerprint density at radius 3 is 1.83 bits per heavy atom. The molecule has 4 rings (SSSR count). The predicted molar refractivity (Wildman–Crippen MR) is 105 cm³/mol. The van der Waals surface area contributed by atoms with Crippen molar-refractivity contribution in [3.05, 3.63) is 0 Å². The van der Waals surface area contributed by atoms with Crippen LogP contribution in [-0.4, -0.2) is 48.8 Å². The van der Waals surface area contributed by atoms with Crippen LogP contribution in [0, 0.1) is 23.2 Å². The van der Waals surface area contributed by atoms with Crippen molar-refractivity contribution in [1.29, 1.82) is 0 Å². The van der Waals surface area contributed by atoms with Crippen LogP contribution in [0.3, 0.4) is 0 Å². The lowest BCUT2D eigenvalue weighted by Gasteiger charge is -2.57. The molecule has 0 aromatic heterocycles. The maximum Gasteiger partial charge on any atom is 0.104 e. The van der Waals surface area contributed by atoms with E-state index in [0.717, 1.165) is 35.3 Å². The van der Waals surface area contributed by atoms with Gasteiger partial charge in [-0.3, -0.25) is 0 Å². The molecule has 1 N–H and O–H groups in total. The van der Waals surface area contributed by atoms with Gasteiger partial charge < -0.3 is 19.5 Å². The summed E-state index contributed by atoms with van der Waals surface area (Å²) in [6.07, 6.45) is 7.81. The van der Waals surface area contributed by atoms with Gasteiger partial charge in [-0.2, -0.15) is 0 Å². The van der Waals surface area contributed by atoms with Crippen molar-refractivity contribution < 1.29 is 19.5 Å². The van der Waals surface area contributed by atoms with Crippen LogP contribution in [0.5, 0.6) is 0 Å². The number of carbonyl (C=O) groups is 1. The van der Waals surface area contributed by atoms with Crippen LogP contribution in [0.4, 0.5) is 0 Å². The second-order valence-electron chi connectivity index (χ2n) is 9.25. The summed E-state index contributed by atoms with van der Waals surface area (Å²) in [4.78, 5) is 10.8. The summed E-state index contributed by atoms with van der Waals surface area (Å²) in [7, 11) is 4.24. The number of carboxylic acid groups (broad SMARTS) is 1. The van der Waals surface area contributed by atoms with E-state index in [0.29, 0.717) is 6.42 Å². The molecule has 1 unspecified atom stereocenters. The van der Waals surface area contributed by atoms with Gasteiger partial charge in [-0.05, 0) is 82.0 Å². The maximum absolute atomic E-state index is 10.8. The van der Waals surface area contributed by atoms with Gasteiger partial charge in [0.1, 0.15) is 12.6 Å². The van der Waals surface area contributed by atoms with Crippen LogP contribution in [0.2, 0.25) is 0 Å². The third kappa shape index (κ3) is 6.13. The molecule has 4 bridgehead atoms. The predicted octanol–water partition coefficient (Wildman–Crippen LogP) is 2.42. The highest BCUT2D eigenvalue weighted by atomic mass is 127. The minimum Gasteiger partial charge on any atom is -0.550 e. The monoisotopic (exact) mass is 453 g/mol. The molecule has 4 aliphatic rings. The molecule has 0 radical (unpaired) electrons. The van der Waals surface area contributed by atoms with Gasteiger partial charge in [0.05, 0.1) is 20.6 Å². The number of nitrogens with zero attached hydrogens (tertiary/aromatic N) is 1. The SMILES string of the molecule is CC[N+](C)(C)CC(C)O.I.O=C([O-])CC12CC3CC(CC(C3)C1)C2. The average Bonchev–Trinajstić information content (AvgIpc) is 2.34. The Balaban J connectivity index is 0.000000256. The Morgan fingerprint density at radius 2 is 1.58 bits per heavy atom. The van der Waals surface area contributed by atoms with Gasteiger partial charge in [-0.1, -0.05) is 0 Å². The van der Waals surface area contributed by atoms with Crippen molar-refractivity contribution in [2.45, 2.75) is 64.9 Å². The summed E-state index contributed by atoms with van der Waals surface area (Å²) in [5.41, 5.74) is 0.160. The summed E-state index contributed by atoms with van der Waals surface area (Å²) in [5.74, 6) is 1.72. The molecule has 0 heterocycles. The number of hydrogen-bond donors (Lipinski definition) is 1. The molecule has 0 saturated heterocycles. The number of carbonyl (C=O) groups excluding carboxylic acids is 1. The molecule has 5 heteroatoms. The smallest absolute Gasteiger partial charge is 0.104 e. The van der Waals surface area contributed by atoms with Gasteiger partial charge in [0, 0.05) is 5.97 Å². The fraction of sp³-hybridized carbons (Fsp3) is 0.947. The molecule has 1 atom stereocenters. The van der Waals surface area contributed by atoms with Crippen LogP contribution in [0.1, 0.15) is 58.8 Å². The topological polar surface area (TPSA) is 60.4 Å². The zero-order chi connectivity index (χ0) is 17.3. The number of quaternary nitrogens is 1. The van der Waals surface area contributed by atoms with Crippen molar-refractivity contribution in [1.82, 2.24) is 0 Å². The van der Waals surface area contributed by atoms with E-state index in [4.69, 9.17) is 5.11 Å². The van der Waals surface area contributed by atoms with Crippen LogP contribution < -0.4 is 5.11 Å². The third-order valence-electron chi connectivity index (χ3n) is 6.30. The van der Waals surface area contributed by atoms with E-state index in [1.807, 2.05) is 6.92 Å². The Morgan fingerprint density at radius 1 is 1.17 bits per heavy atom. The molecule has 0 aromatic carbocycles. The Labute approximate surface area is 164 Å². The maximum atomic E-state index is 10.8. The van der Waals surface area contributed by atoms with Gasteiger partial charge in [-0.15, -0.1) is 24.0 Å². The van der Waals surface area contributed by atoms with Crippen LogP contribution in [0.15, 0.2) is 0 Å². The van der Waals surface area contributed by atoms with E-state index < -0.39 is 5.97 Å². The first kappa shape index (κ1) is 22.2. The third-order valence-corrected chi connectivity index (χ3v) is 6.30.